The minimum atomic E-state index is -0.248. The van der Waals surface area contributed by atoms with E-state index in [1.54, 1.807) is 11.0 Å². The van der Waals surface area contributed by atoms with E-state index in [0.717, 1.165) is 24.6 Å². The molecule has 0 unspecified atom stereocenters. The van der Waals surface area contributed by atoms with E-state index in [0.29, 0.717) is 37.6 Å². The van der Waals surface area contributed by atoms with Crippen LogP contribution in [-0.4, -0.2) is 77.2 Å². The standard InChI is InChI=1S/C17H25N3O4S/c1-12(2)15-10-14(18-24-15)17(22)20-3-6-23-11-13(20)9-16(21)19-4-7-25-8-5-19/h10,12-13H,3-9,11H2,1-2H3/t13-/m0/s1. The first-order chi connectivity index (χ1) is 12.1. The Morgan fingerprint density at radius 1 is 1.32 bits per heavy atom. The highest BCUT2D eigenvalue weighted by atomic mass is 32.2. The number of carbonyl (C=O) groups excluding carboxylic acids is 2. The fourth-order valence-corrected chi connectivity index (χ4v) is 3.95. The first kappa shape index (κ1) is 18.3. The molecule has 0 radical (unpaired) electrons. The van der Waals surface area contributed by atoms with Gasteiger partial charge in [-0.15, -0.1) is 0 Å². The van der Waals surface area contributed by atoms with Gasteiger partial charge in [-0.05, 0) is 0 Å². The molecule has 1 aromatic rings. The molecule has 0 bridgehead atoms. The average molecular weight is 367 g/mol. The second-order valence-electron chi connectivity index (χ2n) is 6.69. The number of carbonyl (C=O) groups is 2. The van der Waals surface area contributed by atoms with Crippen molar-refractivity contribution in [2.75, 3.05) is 44.4 Å². The fourth-order valence-electron chi connectivity index (χ4n) is 3.04. The van der Waals surface area contributed by atoms with Gasteiger partial charge >= 0.3 is 0 Å². The van der Waals surface area contributed by atoms with Crippen LogP contribution in [0.4, 0.5) is 0 Å². The van der Waals surface area contributed by atoms with Gasteiger partial charge in [0.05, 0.1) is 19.3 Å². The summed E-state index contributed by atoms with van der Waals surface area (Å²) in [4.78, 5) is 29.0. The molecule has 1 aromatic heterocycles. The summed E-state index contributed by atoms with van der Waals surface area (Å²) in [7, 11) is 0. The Morgan fingerprint density at radius 2 is 2.08 bits per heavy atom. The van der Waals surface area contributed by atoms with Crippen molar-refractivity contribution in [1.29, 1.82) is 0 Å². The lowest BCUT2D eigenvalue weighted by atomic mass is 10.1. The van der Waals surface area contributed by atoms with E-state index in [-0.39, 0.29) is 23.8 Å². The molecule has 3 heterocycles. The maximum atomic E-state index is 12.8. The Bertz CT molecular complexity index is 613. The molecule has 25 heavy (non-hydrogen) atoms. The van der Waals surface area contributed by atoms with Crippen LogP contribution in [-0.2, 0) is 9.53 Å². The predicted molar refractivity (Wildman–Crippen MR) is 94.8 cm³/mol. The number of amides is 2. The van der Waals surface area contributed by atoms with E-state index < -0.39 is 0 Å². The number of nitrogens with zero attached hydrogens (tertiary/aromatic N) is 3. The Kier molecular flexibility index (Phi) is 6.01. The molecule has 0 saturated carbocycles. The van der Waals surface area contributed by atoms with Crippen LogP contribution < -0.4 is 0 Å². The first-order valence-electron chi connectivity index (χ1n) is 8.77. The maximum Gasteiger partial charge on any atom is 0.276 e. The average Bonchev–Trinajstić information content (AvgIpc) is 3.13. The molecule has 8 heteroatoms. The summed E-state index contributed by atoms with van der Waals surface area (Å²) in [6.07, 6.45) is 0.297. The Balaban J connectivity index is 1.67. The molecule has 7 nitrogen and oxygen atoms in total. The highest BCUT2D eigenvalue weighted by Crippen LogP contribution is 2.20. The van der Waals surface area contributed by atoms with E-state index >= 15 is 0 Å². The highest BCUT2D eigenvalue weighted by Gasteiger charge is 2.33. The zero-order valence-corrected chi connectivity index (χ0v) is 15.6. The Morgan fingerprint density at radius 3 is 2.76 bits per heavy atom. The van der Waals surface area contributed by atoms with Gasteiger partial charge in [-0.1, -0.05) is 19.0 Å². The molecule has 2 aliphatic rings. The monoisotopic (exact) mass is 367 g/mol. The van der Waals surface area contributed by atoms with E-state index in [4.69, 9.17) is 9.26 Å². The fraction of sp³-hybridized carbons (Fsp3) is 0.706. The molecular weight excluding hydrogens is 342 g/mol. The number of thioether (sulfide) groups is 1. The third-order valence-electron chi connectivity index (χ3n) is 4.58. The van der Waals surface area contributed by atoms with Crippen LogP contribution in [0.1, 0.15) is 42.4 Å². The van der Waals surface area contributed by atoms with Crippen molar-refractivity contribution < 1.29 is 18.8 Å². The van der Waals surface area contributed by atoms with E-state index in [9.17, 15) is 9.59 Å². The van der Waals surface area contributed by atoms with Crippen LogP contribution in [0.5, 0.6) is 0 Å². The summed E-state index contributed by atoms with van der Waals surface area (Å²) in [6.45, 7) is 6.87. The Labute approximate surface area is 152 Å². The number of rotatable bonds is 4. The van der Waals surface area contributed by atoms with Gasteiger partial charge in [0.2, 0.25) is 5.91 Å². The van der Waals surface area contributed by atoms with Gasteiger partial charge in [0.1, 0.15) is 5.76 Å². The minimum Gasteiger partial charge on any atom is -0.377 e. The Hall–Kier alpha value is -1.54. The van der Waals surface area contributed by atoms with Crippen LogP contribution in [0, 0.1) is 0 Å². The minimum absolute atomic E-state index is 0.0941. The van der Waals surface area contributed by atoms with E-state index in [1.165, 1.54) is 0 Å². The van der Waals surface area contributed by atoms with Gasteiger partial charge in [-0.3, -0.25) is 9.59 Å². The lowest BCUT2D eigenvalue weighted by Crippen LogP contribution is -2.51. The van der Waals surface area contributed by atoms with E-state index in [1.807, 2.05) is 30.5 Å². The maximum absolute atomic E-state index is 12.8. The van der Waals surface area contributed by atoms with Crippen LogP contribution in [0.2, 0.25) is 0 Å². The number of hydrogen-bond acceptors (Lipinski definition) is 6. The molecule has 3 rings (SSSR count). The second-order valence-corrected chi connectivity index (χ2v) is 7.92. The number of aromatic nitrogens is 1. The molecule has 0 aromatic carbocycles. The summed E-state index contributed by atoms with van der Waals surface area (Å²) >= 11 is 1.87. The summed E-state index contributed by atoms with van der Waals surface area (Å²) in [5, 5.41) is 3.91. The molecule has 0 spiro atoms. The smallest absolute Gasteiger partial charge is 0.276 e. The SMILES string of the molecule is CC(C)c1cc(C(=O)N2CCOC[C@@H]2CC(=O)N2CCSCC2)no1. The lowest BCUT2D eigenvalue weighted by Gasteiger charge is -2.36. The van der Waals surface area contributed by atoms with Crippen molar-refractivity contribution in [2.24, 2.45) is 0 Å². The molecule has 138 valence electrons. The summed E-state index contributed by atoms with van der Waals surface area (Å²) in [5.41, 5.74) is 0.303. The molecule has 2 amide bonds. The zero-order chi connectivity index (χ0) is 17.8. The molecule has 1 atom stereocenters. The van der Waals surface area contributed by atoms with Crippen LogP contribution in [0.15, 0.2) is 10.6 Å². The summed E-state index contributed by atoms with van der Waals surface area (Å²) in [6, 6.07) is 1.45. The largest absolute Gasteiger partial charge is 0.377 e. The van der Waals surface area contributed by atoms with Crippen molar-refractivity contribution >= 4 is 23.6 Å². The van der Waals surface area contributed by atoms with Gasteiger partial charge in [0.25, 0.3) is 5.91 Å². The van der Waals surface area contributed by atoms with Crippen LogP contribution >= 0.6 is 11.8 Å². The van der Waals surface area contributed by atoms with Gasteiger partial charge in [-0.2, -0.15) is 11.8 Å². The van der Waals surface area contributed by atoms with Crippen molar-refractivity contribution in [3.05, 3.63) is 17.5 Å². The predicted octanol–water partition coefficient (Wildman–Crippen LogP) is 1.60. The van der Waals surface area contributed by atoms with Crippen LogP contribution in [0.3, 0.4) is 0 Å². The van der Waals surface area contributed by atoms with Crippen molar-refractivity contribution in [1.82, 2.24) is 15.0 Å². The third kappa shape index (κ3) is 4.36. The number of hydrogen-bond donors (Lipinski definition) is 0. The zero-order valence-electron chi connectivity index (χ0n) is 14.8. The second kappa shape index (κ2) is 8.23. The van der Waals surface area contributed by atoms with E-state index in [2.05, 4.69) is 5.16 Å². The van der Waals surface area contributed by atoms with Crippen LogP contribution in [0.25, 0.3) is 0 Å². The quantitative estimate of drug-likeness (QED) is 0.805. The topological polar surface area (TPSA) is 75.9 Å². The van der Waals surface area contributed by atoms with Crippen molar-refractivity contribution in [3.63, 3.8) is 0 Å². The van der Waals surface area contributed by atoms with Gasteiger partial charge in [-0.25, -0.2) is 0 Å². The highest BCUT2D eigenvalue weighted by molar-refractivity contribution is 7.99. The van der Waals surface area contributed by atoms with Crippen molar-refractivity contribution in [2.45, 2.75) is 32.2 Å². The number of morpholine rings is 1. The third-order valence-corrected chi connectivity index (χ3v) is 5.52. The number of ether oxygens (including phenoxy) is 1. The summed E-state index contributed by atoms with van der Waals surface area (Å²) in [5.74, 6) is 2.73. The van der Waals surface area contributed by atoms with Crippen molar-refractivity contribution in [3.8, 4) is 0 Å². The summed E-state index contributed by atoms with van der Waals surface area (Å²) < 4.78 is 10.8. The first-order valence-corrected chi connectivity index (χ1v) is 9.92. The lowest BCUT2D eigenvalue weighted by molar-refractivity contribution is -0.133. The molecule has 0 aliphatic carbocycles. The molecule has 2 fully saturated rings. The van der Waals surface area contributed by atoms with Gasteiger partial charge < -0.3 is 19.1 Å². The normalized spacial score (nSPS) is 21.6. The molecule has 2 saturated heterocycles. The molecule has 2 aliphatic heterocycles. The van der Waals surface area contributed by atoms with Gasteiger partial charge in [0, 0.05) is 49.5 Å². The molecule has 0 N–H and O–H groups in total. The molecular formula is C17H25N3O4S. The van der Waals surface area contributed by atoms with Gasteiger partial charge in [0.15, 0.2) is 5.69 Å².